The van der Waals surface area contributed by atoms with Gasteiger partial charge in [-0.15, -0.1) is 25.6 Å². The van der Waals surface area contributed by atoms with Crippen molar-refractivity contribution in [1.82, 2.24) is 10.6 Å². The Morgan fingerprint density at radius 1 is 1.33 bits per heavy atom. The first-order valence-electron chi connectivity index (χ1n) is 6.83. The maximum atomic E-state index is 13.0. The molecule has 0 aliphatic carbocycles. The summed E-state index contributed by atoms with van der Waals surface area (Å²) in [4.78, 5) is 11.9. The van der Waals surface area contributed by atoms with E-state index < -0.39 is 43.2 Å². The number of benzene rings is 1. The summed E-state index contributed by atoms with van der Waals surface area (Å²) in [5.41, 5.74) is 0.526. The Labute approximate surface area is 141 Å². The molecule has 0 bridgehead atoms. The molecule has 1 aliphatic heterocycles. The minimum absolute atomic E-state index is 0. The van der Waals surface area contributed by atoms with Gasteiger partial charge in [0.25, 0.3) is 5.92 Å². The summed E-state index contributed by atoms with van der Waals surface area (Å²) in [6.45, 7) is 1.05. The van der Waals surface area contributed by atoms with Crippen molar-refractivity contribution in [3.63, 3.8) is 0 Å². The lowest BCUT2D eigenvalue weighted by molar-refractivity contribution is -0.274. The zero-order chi connectivity index (χ0) is 17.3. The number of carbonyl (C=O) groups excluding carboxylic acids is 1. The van der Waals surface area contributed by atoms with E-state index in [2.05, 4.69) is 15.4 Å². The lowest BCUT2D eigenvalue weighted by Gasteiger charge is -2.18. The van der Waals surface area contributed by atoms with Crippen LogP contribution in [0.25, 0.3) is 0 Å². The van der Waals surface area contributed by atoms with Crippen LogP contribution < -0.4 is 15.4 Å². The van der Waals surface area contributed by atoms with Gasteiger partial charge in [0.1, 0.15) is 5.75 Å². The summed E-state index contributed by atoms with van der Waals surface area (Å²) in [6, 6.07) is 3.44. The van der Waals surface area contributed by atoms with Gasteiger partial charge in [0, 0.05) is 6.42 Å². The molecule has 136 valence electrons. The van der Waals surface area contributed by atoms with Gasteiger partial charge in [-0.25, -0.2) is 8.78 Å². The normalized spacial score (nSPS) is 20.8. The Hall–Kier alpha value is -1.61. The molecule has 0 aromatic heterocycles. The molecule has 2 unspecified atom stereocenters. The molecule has 0 saturated carbocycles. The van der Waals surface area contributed by atoms with Crippen LogP contribution in [0.4, 0.5) is 22.0 Å². The van der Waals surface area contributed by atoms with Crippen molar-refractivity contribution in [2.24, 2.45) is 0 Å². The SMILES string of the molecule is CC(NC(=O)C1CC(F)(F)CN1)c1ccc(OC(F)(F)F)cc1.Cl. The number of rotatable bonds is 4. The highest BCUT2D eigenvalue weighted by molar-refractivity contribution is 5.85. The van der Waals surface area contributed by atoms with Gasteiger partial charge in [0.2, 0.25) is 5.91 Å². The van der Waals surface area contributed by atoms with Crippen LogP contribution in [0.1, 0.15) is 24.9 Å². The summed E-state index contributed by atoms with van der Waals surface area (Å²) in [5, 5.41) is 4.98. The van der Waals surface area contributed by atoms with Gasteiger partial charge in [-0.3, -0.25) is 10.1 Å². The second-order valence-electron chi connectivity index (χ2n) is 5.34. The standard InChI is InChI=1S/C14H15F5N2O2.ClH/c1-8(21-12(22)11-6-13(15,16)7-20-11)9-2-4-10(5-3-9)23-14(17,18)19;/h2-5,8,11,20H,6-7H2,1H3,(H,21,22);1H. The molecule has 1 aliphatic rings. The first-order chi connectivity index (χ1) is 10.6. The van der Waals surface area contributed by atoms with Crippen LogP contribution in [-0.2, 0) is 4.79 Å². The number of alkyl halides is 5. The van der Waals surface area contributed by atoms with Crippen molar-refractivity contribution in [3.05, 3.63) is 29.8 Å². The monoisotopic (exact) mass is 374 g/mol. The highest BCUT2D eigenvalue weighted by Crippen LogP contribution is 2.26. The minimum Gasteiger partial charge on any atom is -0.406 e. The molecule has 24 heavy (non-hydrogen) atoms. The summed E-state index contributed by atoms with van der Waals surface area (Å²) < 4.78 is 66.0. The maximum absolute atomic E-state index is 13.0. The number of carbonyl (C=O) groups is 1. The summed E-state index contributed by atoms with van der Waals surface area (Å²) >= 11 is 0. The molecule has 1 heterocycles. The van der Waals surface area contributed by atoms with E-state index in [9.17, 15) is 26.7 Å². The molecular weight excluding hydrogens is 359 g/mol. The van der Waals surface area contributed by atoms with Gasteiger partial charge in [-0.05, 0) is 24.6 Å². The first kappa shape index (κ1) is 20.4. The van der Waals surface area contributed by atoms with Gasteiger partial charge in [-0.2, -0.15) is 0 Å². The van der Waals surface area contributed by atoms with Gasteiger partial charge >= 0.3 is 6.36 Å². The van der Waals surface area contributed by atoms with E-state index in [4.69, 9.17) is 0 Å². The minimum atomic E-state index is -4.78. The van der Waals surface area contributed by atoms with E-state index in [0.717, 1.165) is 12.1 Å². The van der Waals surface area contributed by atoms with Gasteiger partial charge in [0.15, 0.2) is 0 Å². The second kappa shape index (κ2) is 7.52. The van der Waals surface area contributed by atoms with Crippen LogP contribution in [0.2, 0.25) is 0 Å². The van der Waals surface area contributed by atoms with Gasteiger partial charge < -0.3 is 10.1 Å². The molecule has 2 rings (SSSR count). The molecule has 1 aromatic carbocycles. The number of hydrogen-bond acceptors (Lipinski definition) is 3. The largest absolute Gasteiger partial charge is 0.573 e. The fraction of sp³-hybridized carbons (Fsp3) is 0.500. The fourth-order valence-corrected chi connectivity index (χ4v) is 2.26. The van der Waals surface area contributed by atoms with Crippen LogP contribution in [0.15, 0.2) is 24.3 Å². The Balaban J connectivity index is 0.00000288. The van der Waals surface area contributed by atoms with Crippen molar-refractivity contribution in [2.75, 3.05) is 6.54 Å². The quantitative estimate of drug-likeness (QED) is 0.796. The fourth-order valence-electron chi connectivity index (χ4n) is 2.26. The Bertz CT molecular complexity index is 565. The van der Waals surface area contributed by atoms with E-state index in [1.54, 1.807) is 6.92 Å². The average Bonchev–Trinajstić information content (AvgIpc) is 2.78. The lowest BCUT2D eigenvalue weighted by atomic mass is 10.1. The zero-order valence-corrected chi connectivity index (χ0v) is 13.3. The molecule has 2 N–H and O–H groups in total. The van der Waals surface area contributed by atoms with E-state index in [0.29, 0.717) is 5.56 Å². The van der Waals surface area contributed by atoms with Crippen molar-refractivity contribution < 1.29 is 31.5 Å². The van der Waals surface area contributed by atoms with Crippen LogP contribution in [0.3, 0.4) is 0 Å². The number of halogens is 6. The van der Waals surface area contributed by atoms with Crippen LogP contribution in [0.5, 0.6) is 5.75 Å². The summed E-state index contributed by atoms with van der Waals surface area (Å²) in [7, 11) is 0. The Morgan fingerprint density at radius 2 is 1.92 bits per heavy atom. The smallest absolute Gasteiger partial charge is 0.406 e. The molecule has 0 spiro atoms. The number of nitrogens with one attached hydrogen (secondary N) is 2. The molecule has 10 heteroatoms. The van der Waals surface area contributed by atoms with Crippen LogP contribution >= 0.6 is 12.4 Å². The molecule has 2 atom stereocenters. The topological polar surface area (TPSA) is 50.4 Å². The maximum Gasteiger partial charge on any atom is 0.573 e. The third-order valence-electron chi connectivity index (χ3n) is 3.40. The number of amides is 1. The number of ether oxygens (including phenoxy) is 1. The van der Waals surface area contributed by atoms with Gasteiger partial charge in [-0.1, -0.05) is 12.1 Å². The average molecular weight is 375 g/mol. The Kier molecular flexibility index (Phi) is 6.40. The third kappa shape index (κ3) is 5.79. The molecule has 1 aromatic rings. The molecule has 0 radical (unpaired) electrons. The highest BCUT2D eigenvalue weighted by atomic mass is 35.5. The molecule has 4 nitrogen and oxygen atoms in total. The van der Waals surface area contributed by atoms with Crippen molar-refractivity contribution in [2.45, 2.75) is 37.7 Å². The predicted octanol–water partition coefficient (Wildman–Crippen LogP) is 3.18. The Morgan fingerprint density at radius 3 is 2.38 bits per heavy atom. The predicted molar refractivity (Wildman–Crippen MR) is 78.3 cm³/mol. The summed E-state index contributed by atoms with van der Waals surface area (Å²) in [5.74, 6) is -3.87. The summed E-state index contributed by atoms with van der Waals surface area (Å²) in [6.07, 6.45) is -5.36. The first-order valence-corrected chi connectivity index (χ1v) is 6.83. The molecule has 1 amide bonds. The lowest BCUT2D eigenvalue weighted by Crippen LogP contribution is -2.41. The molecular formula is C14H16ClF5N2O2. The van der Waals surface area contributed by atoms with E-state index >= 15 is 0 Å². The highest BCUT2D eigenvalue weighted by Gasteiger charge is 2.42. The van der Waals surface area contributed by atoms with E-state index in [1.807, 2.05) is 0 Å². The second-order valence-corrected chi connectivity index (χ2v) is 5.34. The zero-order valence-electron chi connectivity index (χ0n) is 12.5. The van der Waals surface area contributed by atoms with E-state index in [1.165, 1.54) is 12.1 Å². The number of hydrogen-bond donors (Lipinski definition) is 2. The van der Waals surface area contributed by atoms with Crippen LogP contribution in [-0.4, -0.2) is 30.8 Å². The van der Waals surface area contributed by atoms with Crippen LogP contribution in [0, 0.1) is 0 Å². The third-order valence-corrected chi connectivity index (χ3v) is 3.40. The van der Waals surface area contributed by atoms with E-state index in [-0.39, 0.29) is 18.2 Å². The molecule has 1 fully saturated rings. The van der Waals surface area contributed by atoms with Crippen molar-refractivity contribution in [3.8, 4) is 5.75 Å². The van der Waals surface area contributed by atoms with Crippen molar-refractivity contribution >= 4 is 18.3 Å². The van der Waals surface area contributed by atoms with Gasteiger partial charge in [0.05, 0.1) is 18.6 Å². The molecule has 1 saturated heterocycles. The van der Waals surface area contributed by atoms with Crippen molar-refractivity contribution in [1.29, 1.82) is 0 Å².